The molecule has 0 amide bonds. The van der Waals surface area contributed by atoms with Crippen LogP contribution in [0.25, 0.3) is 5.65 Å². The zero-order valence-electron chi connectivity index (χ0n) is 10.5. The molecule has 2 aromatic rings. The molecule has 1 aliphatic rings. The first-order valence-corrected chi connectivity index (χ1v) is 8.15. The molecule has 102 valence electrons. The van der Waals surface area contributed by atoms with Crippen LogP contribution in [0.1, 0.15) is 30.1 Å². The van der Waals surface area contributed by atoms with Crippen LogP contribution >= 0.6 is 0 Å². The zero-order chi connectivity index (χ0) is 13.5. The van der Waals surface area contributed by atoms with E-state index in [9.17, 15) is 8.42 Å². The molecule has 1 saturated heterocycles. The van der Waals surface area contributed by atoms with E-state index >= 15 is 0 Å². The van der Waals surface area contributed by atoms with E-state index < -0.39 is 9.84 Å². The second-order valence-corrected chi connectivity index (χ2v) is 7.20. The highest BCUT2D eigenvalue weighted by molar-refractivity contribution is 7.91. The highest BCUT2D eigenvalue weighted by Gasteiger charge is 2.28. The lowest BCUT2D eigenvalue weighted by molar-refractivity contribution is 0.543. The van der Waals surface area contributed by atoms with Gasteiger partial charge in [0.25, 0.3) is 0 Å². The normalized spacial score (nSPS) is 22.7. The fraction of sp³-hybridized carbons (Fsp3) is 0.500. The van der Waals surface area contributed by atoms with E-state index in [1.54, 1.807) is 4.52 Å². The summed E-state index contributed by atoms with van der Waals surface area (Å²) in [5.74, 6) is 0.986. The Hall–Kier alpha value is -1.47. The Morgan fingerprint density at radius 1 is 1.42 bits per heavy atom. The average Bonchev–Trinajstić information content (AvgIpc) is 2.80. The fourth-order valence-corrected chi connectivity index (χ4v) is 4.16. The SMILES string of the molecule is NCc1ccc2nc(C3CCCS(=O)(=O)C3)nn2c1. The monoisotopic (exact) mass is 280 g/mol. The van der Waals surface area contributed by atoms with Crippen molar-refractivity contribution < 1.29 is 8.42 Å². The highest BCUT2D eigenvalue weighted by atomic mass is 32.2. The van der Waals surface area contributed by atoms with Gasteiger partial charge in [-0.15, -0.1) is 0 Å². The molecule has 1 unspecified atom stereocenters. The first-order chi connectivity index (χ1) is 9.07. The number of pyridine rings is 1. The van der Waals surface area contributed by atoms with Gasteiger partial charge in [0.05, 0.1) is 11.5 Å². The summed E-state index contributed by atoms with van der Waals surface area (Å²) in [7, 11) is -2.94. The Balaban J connectivity index is 1.97. The number of sulfone groups is 1. The molecule has 0 spiro atoms. The average molecular weight is 280 g/mol. The molecule has 1 fully saturated rings. The second-order valence-electron chi connectivity index (χ2n) is 4.97. The van der Waals surface area contributed by atoms with E-state index in [0.29, 0.717) is 18.8 Å². The molecule has 1 atom stereocenters. The predicted octanol–water partition coefficient (Wildman–Crippen LogP) is 0.480. The summed E-state index contributed by atoms with van der Waals surface area (Å²) in [5, 5.41) is 4.40. The third kappa shape index (κ3) is 2.48. The molecule has 3 rings (SSSR count). The van der Waals surface area contributed by atoms with Gasteiger partial charge in [-0.05, 0) is 24.5 Å². The zero-order valence-corrected chi connectivity index (χ0v) is 11.3. The van der Waals surface area contributed by atoms with E-state index in [1.165, 1.54) is 0 Å². The van der Waals surface area contributed by atoms with Crippen LogP contribution in [-0.4, -0.2) is 34.5 Å². The maximum absolute atomic E-state index is 11.7. The molecule has 6 nitrogen and oxygen atoms in total. The van der Waals surface area contributed by atoms with Gasteiger partial charge in [-0.2, -0.15) is 5.10 Å². The molecular formula is C12H16N4O2S. The van der Waals surface area contributed by atoms with Crippen LogP contribution in [0, 0.1) is 0 Å². The van der Waals surface area contributed by atoms with Gasteiger partial charge in [0.2, 0.25) is 0 Å². The number of fused-ring (bicyclic) bond motifs is 1. The molecule has 0 saturated carbocycles. The molecule has 2 N–H and O–H groups in total. The van der Waals surface area contributed by atoms with Crippen molar-refractivity contribution in [3.05, 3.63) is 29.7 Å². The minimum Gasteiger partial charge on any atom is -0.326 e. The Morgan fingerprint density at radius 3 is 3.00 bits per heavy atom. The van der Waals surface area contributed by atoms with E-state index in [4.69, 9.17) is 5.73 Å². The van der Waals surface area contributed by atoms with Crippen molar-refractivity contribution in [3.8, 4) is 0 Å². The van der Waals surface area contributed by atoms with Crippen LogP contribution in [0.5, 0.6) is 0 Å². The van der Waals surface area contributed by atoms with Crippen molar-refractivity contribution in [3.63, 3.8) is 0 Å². The number of hydrogen-bond donors (Lipinski definition) is 1. The van der Waals surface area contributed by atoms with Crippen molar-refractivity contribution in [2.75, 3.05) is 11.5 Å². The smallest absolute Gasteiger partial charge is 0.155 e. The summed E-state index contributed by atoms with van der Waals surface area (Å²) in [4.78, 5) is 4.42. The van der Waals surface area contributed by atoms with Crippen molar-refractivity contribution in [1.29, 1.82) is 0 Å². The summed E-state index contributed by atoms with van der Waals surface area (Å²) in [5.41, 5.74) is 7.29. The topological polar surface area (TPSA) is 90.3 Å². The molecule has 0 radical (unpaired) electrons. The summed E-state index contributed by atoms with van der Waals surface area (Å²) < 4.78 is 25.0. The van der Waals surface area contributed by atoms with Gasteiger partial charge in [-0.1, -0.05) is 6.07 Å². The van der Waals surface area contributed by atoms with Crippen molar-refractivity contribution in [2.45, 2.75) is 25.3 Å². The molecule has 1 aliphatic heterocycles. The first-order valence-electron chi connectivity index (χ1n) is 6.33. The molecule has 0 bridgehead atoms. The minimum absolute atomic E-state index is 0.0834. The predicted molar refractivity (Wildman–Crippen MR) is 71.5 cm³/mol. The van der Waals surface area contributed by atoms with Crippen LogP contribution in [0.2, 0.25) is 0 Å². The van der Waals surface area contributed by atoms with Gasteiger partial charge in [-0.25, -0.2) is 17.9 Å². The number of hydrogen-bond acceptors (Lipinski definition) is 5. The third-order valence-electron chi connectivity index (χ3n) is 3.47. The van der Waals surface area contributed by atoms with E-state index in [-0.39, 0.29) is 17.4 Å². The minimum atomic E-state index is -2.94. The van der Waals surface area contributed by atoms with Crippen LogP contribution in [0.4, 0.5) is 0 Å². The molecule has 3 heterocycles. The van der Waals surface area contributed by atoms with Crippen molar-refractivity contribution in [1.82, 2.24) is 14.6 Å². The Kier molecular flexibility index (Phi) is 3.02. The quantitative estimate of drug-likeness (QED) is 0.864. The third-order valence-corrected chi connectivity index (χ3v) is 5.29. The van der Waals surface area contributed by atoms with Gasteiger partial charge < -0.3 is 5.73 Å². The fourth-order valence-electron chi connectivity index (χ4n) is 2.46. The molecule has 2 aromatic heterocycles. The molecule has 7 heteroatoms. The van der Waals surface area contributed by atoms with Crippen LogP contribution in [0.15, 0.2) is 18.3 Å². The van der Waals surface area contributed by atoms with Crippen LogP contribution in [0.3, 0.4) is 0 Å². The molecular weight excluding hydrogens is 264 g/mol. The number of rotatable bonds is 2. The maximum Gasteiger partial charge on any atom is 0.155 e. The van der Waals surface area contributed by atoms with E-state index in [0.717, 1.165) is 17.6 Å². The van der Waals surface area contributed by atoms with Crippen molar-refractivity contribution in [2.24, 2.45) is 5.73 Å². The van der Waals surface area contributed by atoms with Gasteiger partial charge >= 0.3 is 0 Å². The highest BCUT2D eigenvalue weighted by Crippen LogP contribution is 2.26. The summed E-state index contributed by atoms with van der Waals surface area (Å²) in [6.07, 6.45) is 3.36. The lowest BCUT2D eigenvalue weighted by Gasteiger charge is -2.18. The number of nitrogens with two attached hydrogens (primary N) is 1. The van der Waals surface area contributed by atoms with E-state index in [1.807, 2.05) is 18.3 Å². The summed E-state index contributed by atoms with van der Waals surface area (Å²) in [6, 6.07) is 3.77. The Labute approximate surface area is 111 Å². The van der Waals surface area contributed by atoms with Gasteiger partial charge in [0.1, 0.15) is 0 Å². The number of aromatic nitrogens is 3. The first kappa shape index (κ1) is 12.6. The largest absolute Gasteiger partial charge is 0.326 e. The van der Waals surface area contributed by atoms with Crippen molar-refractivity contribution >= 4 is 15.5 Å². The number of nitrogens with zero attached hydrogens (tertiary/aromatic N) is 3. The lowest BCUT2D eigenvalue weighted by Crippen LogP contribution is -2.24. The Morgan fingerprint density at radius 2 is 2.26 bits per heavy atom. The summed E-state index contributed by atoms with van der Waals surface area (Å²) in [6.45, 7) is 0.447. The molecule has 19 heavy (non-hydrogen) atoms. The van der Waals surface area contributed by atoms with E-state index in [2.05, 4.69) is 10.1 Å². The maximum atomic E-state index is 11.7. The van der Waals surface area contributed by atoms with Crippen LogP contribution in [-0.2, 0) is 16.4 Å². The van der Waals surface area contributed by atoms with Gasteiger partial charge in [0, 0.05) is 18.7 Å². The molecule has 0 aliphatic carbocycles. The standard InChI is InChI=1S/C12H16N4O2S/c13-6-9-3-4-11-14-12(15-16(11)7-9)10-2-1-5-19(17,18)8-10/h3-4,7,10H,1-2,5-6,8,13H2. The lowest BCUT2D eigenvalue weighted by atomic mass is 10.1. The van der Waals surface area contributed by atoms with Crippen LogP contribution < -0.4 is 5.73 Å². The molecule has 0 aromatic carbocycles. The van der Waals surface area contributed by atoms with Gasteiger partial charge in [0.15, 0.2) is 21.3 Å². The van der Waals surface area contributed by atoms with Gasteiger partial charge in [-0.3, -0.25) is 0 Å². The Bertz CT molecular complexity index is 708. The second kappa shape index (κ2) is 4.57. The summed E-state index contributed by atoms with van der Waals surface area (Å²) >= 11 is 0.